The van der Waals surface area contributed by atoms with Crippen LogP contribution in [0.3, 0.4) is 0 Å². The van der Waals surface area contributed by atoms with Gasteiger partial charge in [0, 0.05) is 4.90 Å². The zero-order chi connectivity index (χ0) is 10.0. The molecule has 70 valence electrons. The largest absolute Gasteiger partial charge is 0.478 e. The van der Waals surface area contributed by atoms with E-state index in [1.807, 2.05) is 0 Å². The number of carboxylic acid groups (broad SMARTS) is 1. The lowest BCUT2D eigenvalue weighted by atomic mass is 10.2. The highest BCUT2D eigenvalue weighted by atomic mass is 32.2. The second-order valence-electron chi connectivity index (χ2n) is 2.28. The van der Waals surface area contributed by atoms with Gasteiger partial charge in [-0.25, -0.2) is 13.6 Å². The van der Waals surface area contributed by atoms with Crippen molar-refractivity contribution in [2.45, 2.75) is 4.90 Å². The van der Waals surface area contributed by atoms with Crippen molar-refractivity contribution >= 4 is 17.7 Å². The summed E-state index contributed by atoms with van der Waals surface area (Å²) in [6.45, 7) is 0. The predicted molar refractivity (Wildman–Crippen MR) is 45.1 cm³/mol. The van der Waals surface area contributed by atoms with Gasteiger partial charge in [0.15, 0.2) is 11.6 Å². The van der Waals surface area contributed by atoms with E-state index in [0.29, 0.717) is 4.90 Å². The Morgan fingerprint density at radius 2 is 2.08 bits per heavy atom. The number of carbonyl (C=O) groups is 1. The second-order valence-corrected chi connectivity index (χ2v) is 3.16. The third kappa shape index (κ3) is 1.98. The molecule has 0 aliphatic rings. The Labute approximate surface area is 77.6 Å². The van der Waals surface area contributed by atoms with E-state index >= 15 is 0 Å². The molecule has 1 N–H and O–H groups in total. The van der Waals surface area contributed by atoms with E-state index in [-0.39, 0.29) is 0 Å². The minimum atomic E-state index is -1.47. The molecule has 1 aromatic rings. The van der Waals surface area contributed by atoms with Gasteiger partial charge < -0.3 is 5.11 Å². The smallest absolute Gasteiger partial charge is 0.338 e. The SMILES string of the molecule is CSc1cc(F)c(F)c(C(=O)O)c1. The molecule has 0 aliphatic heterocycles. The van der Waals surface area contributed by atoms with Gasteiger partial charge in [0.1, 0.15) is 0 Å². The monoisotopic (exact) mass is 204 g/mol. The van der Waals surface area contributed by atoms with Gasteiger partial charge in [-0.15, -0.1) is 11.8 Å². The number of thioether (sulfide) groups is 1. The molecule has 0 amide bonds. The van der Waals surface area contributed by atoms with Gasteiger partial charge in [0.2, 0.25) is 0 Å². The molecule has 1 aromatic carbocycles. The zero-order valence-electron chi connectivity index (χ0n) is 6.67. The number of rotatable bonds is 2. The van der Waals surface area contributed by atoms with Crippen molar-refractivity contribution in [1.29, 1.82) is 0 Å². The Morgan fingerprint density at radius 3 is 2.54 bits per heavy atom. The zero-order valence-corrected chi connectivity index (χ0v) is 7.49. The molecule has 0 aromatic heterocycles. The van der Waals surface area contributed by atoms with E-state index in [2.05, 4.69) is 0 Å². The maximum atomic E-state index is 12.8. The number of carboxylic acids is 1. The lowest BCUT2D eigenvalue weighted by Crippen LogP contribution is -2.03. The molecular formula is C8H6F2O2S. The molecule has 0 unspecified atom stereocenters. The first kappa shape index (κ1) is 9.98. The van der Waals surface area contributed by atoms with E-state index in [0.717, 1.165) is 23.9 Å². The minimum Gasteiger partial charge on any atom is -0.478 e. The van der Waals surface area contributed by atoms with Crippen LogP contribution in [0.15, 0.2) is 17.0 Å². The molecule has 0 atom stereocenters. The van der Waals surface area contributed by atoms with Gasteiger partial charge in [-0.2, -0.15) is 0 Å². The Morgan fingerprint density at radius 1 is 1.46 bits per heavy atom. The van der Waals surface area contributed by atoms with Gasteiger partial charge in [-0.1, -0.05) is 0 Å². The number of halogens is 2. The van der Waals surface area contributed by atoms with Crippen LogP contribution in [0, 0.1) is 11.6 Å². The summed E-state index contributed by atoms with van der Waals surface area (Å²) in [5.41, 5.74) is -0.635. The highest BCUT2D eigenvalue weighted by molar-refractivity contribution is 7.98. The van der Waals surface area contributed by atoms with Crippen molar-refractivity contribution in [1.82, 2.24) is 0 Å². The number of benzene rings is 1. The summed E-state index contributed by atoms with van der Waals surface area (Å²) >= 11 is 1.15. The van der Waals surface area contributed by atoms with Gasteiger partial charge >= 0.3 is 5.97 Å². The lowest BCUT2D eigenvalue weighted by molar-refractivity contribution is 0.0690. The van der Waals surface area contributed by atoms with Crippen molar-refractivity contribution < 1.29 is 18.7 Å². The quantitative estimate of drug-likeness (QED) is 0.751. The molecule has 0 aliphatic carbocycles. The normalized spacial score (nSPS) is 10.1. The lowest BCUT2D eigenvalue weighted by Gasteiger charge is -2.01. The summed E-state index contributed by atoms with van der Waals surface area (Å²) in [5.74, 6) is -3.91. The van der Waals surface area contributed by atoms with E-state index in [1.165, 1.54) is 0 Å². The standard InChI is InChI=1S/C8H6F2O2S/c1-13-4-2-5(8(11)12)7(10)6(9)3-4/h2-3H,1H3,(H,11,12). The molecule has 2 nitrogen and oxygen atoms in total. The minimum absolute atomic E-state index is 0.385. The fourth-order valence-electron chi connectivity index (χ4n) is 0.838. The van der Waals surface area contributed by atoms with Gasteiger partial charge in [0.05, 0.1) is 5.56 Å². The first-order valence-corrected chi connectivity index (χ1v) is 4.55. The predicted octanol–water partition coefficient (Wildman–Crippen LogP) is 2.38. The van der Waals surface area contributed by atoms with Crippen LogP contribution in [-0.4, -0.2) is 17.3 Å². The first-order chi connectivity index (χ1) is 6.06. The molecule has 1 rings (SSSR count). The second kappa shape index (κ2) is 3.74. The van der Waals surface area contributed by atoms with Crippen LogP contribution in [0.4, 0.5) is 8.78 Å². The highest BCUT2D eigenvalue weighted by Crippen LogP contribution is 2.21. The molecule has 0 fully saturated rings. The fourth-order valence-corrected chi connectivity index (χ4v) is 1.29. The average molecular weight is 204 g/mol. The molecule has 0 radical (unpaired) electrons. The molecule has 5 heteroatoms. The van der Waals surface area contributed by atoms with Crippen molar-refractivity contribution in [2.75, 3.05) is 6.26 Å². The van der Waals surface area contributed by atoms with E-state index in [1.54, 1.807) is 6.26 Å². The molecule has 13 heavy (non-hydrogen) atoms. The maximum Gasteiger partial charge on any atom is 0.338 e. The van der Waals surface area contributed by atoms with Crippen LogP contribution < -0.4 is 0 Å². The third-order valence-electron chi connectivity index (χ3n) is 1.47. The van der Waals surface area contributed by atoms with Crippen molar-refractivity contribution in [3.8, 4) is 0 Å². The first-order valence-electron chi connectivity index (χ1n) is 3.32. The Kier molecular flexibility index (Phi) is 2.87. The van der Waals surface area contributed by atoms with Gasteiger partial charge in [-0.3, -0.25) is 0 Å². The van der Waals surface area contributed by atoms with Crippen LogP contribution in [0.2, 0.25) is 0 Å². The third-order valence-corrected chi connectivity index (χ3v) is 2.17. The topological polar surface area (TPSA) is 37.3 Å². The summed E-state index contributed by atoms with van der Waals surface area (Å²) in [5, 5.41) is 8.49. The van der Waals surface area contributed by atoms with E-state index < -0.39 is 23.2 Å². The summed E-state index contributed by atoms with van der Waals surface area (Å²) in [6, 6.07) is 2.07. The molecule has 0 saturated heterocycles. The van der Waals surface area contributed by atoms with Crippen LogP contribution in [0.1, 0.15) is 10.4 Å². The number of aromatic carboxylic acids is 1. The molecule has 0 spiro atoms. The van der Waals surface area contributed by atoms with Crippen LogP contribution >= 0.6 is 11.8 Å². The molecule has 0 heterocycles. The highest BCUT2D eigenvalue weighted by Gasteiger charge is 2.15. The van der Waals surface area contributed by atoms with Gasteiger partial charge in [0.25, 0.3) is 0 Å². The Balaban J connectivity index is 3.33. The molecular weight excluding hydrogens is 198 g/mol. The maximum absolute atomic E-state index is 12.8. The summed E-state index contributed by atoms with van der Waals surface area (Å²) < 4.78 is 25.5. The fraction of sp³-hybridized carbons (Fsp3) is 0.125. The van der Waals surface area contributed by atoms with E-state index in [4.69, 9.17) is 5.11 Å². The summed E-state index contributed by atoms with van der Waals surface area (Å²) in [6.07, 6.45) is 1.65. The molecule has 0 saturated carbocycles. The number of hydrogen-bond donors (Lipinski definition) is 1. The Hall–Kier alpha value is -1.10. The summed E-state index contributed by atoms with van der Waals surface area (Å²) in [7, 11) is 0. The van der Waals surface area contributed by atoms with Crippen LogP contribution in [0.25, 0.3) is 0 Å². The van der Waals surface area contributed by atoms with Crippen molar-refractivity contribution in [2.24, 2.45) is 0 Å². The number of hydrogen-bond acceptors (Lipinski definition) is 2. The molecule has 0 bridgehead atoms. The van der Waals surface area contributed by atoms with Crippen molar-refractivity contribution in [3.63, 3.8) is 0 Å². The van der Waals surface area contributed by atoms with E-state index in [9.17, 15) is 13.6 Å². The average Bonchev–Trinajstić information content (AvgIpc) is 2.09. The van der Waals surface area contributed by atoms with Crippen LogP contribution in [0.5, 0.6) is 0 Å². The Bertz CT molecular complexity index is 352. The van der Waals surface area contributed by atoms with Crippen LogP contribution in [-0.2, 0) is 0 Å². The van der Waals surface area contributed by atoms with Gasteiger partial charge in [-0.05, 0) is 18.4 Å². The summed E-state index contributed by atoms with van der Waals surface area (Å²) in [4.78, 5) is 10.8. The van der Waals surface area contributed by atoms with Crippen molar-refractivity contribution in [3.05, 3.63) is 29.3 Å².